The van der Waals surface area contributed by atoms with Gasteiger partial charge in [0.05, 0.1) is 6.10 Å². The molecule has 3 atom stereocenters. The second-order valence-corrected chi connectivity index (χ2v) is 5.76. The number of aryl methyl sites for hydroxylation is 1. The molecular formula is C15H23N3O4. The van der Waals surface area contributed by atoms with Crippen LogP contribution < -0.4 is 11.0 Å². The molecule has 0 saturated carbocycles. The second-order valence-electron chi connectivity index (χ2n) is 5.76. The highest BCUT2D eigenvalue weighted by Crippen LogP contribution is 2.32. The van der Waals surface area contributed by atoms with Gasteiger partial charge in [0.2, 0.25) is 5.91 Å². The number of rotatable bonds is 5. The molecule has 1 aliphatic heterocycles. The monoisotopic (exact) mass is 309 g/mol. The van der Waals surface area contributed by atoms with Crippen molar-refractivity contribution in [1.82, 2.24) is 9.55 Å². The van der Waals surface area contributed by atoms with E-state index in [9.17, 15) is 9.59 Å². The largest absolute Gasteiger partial charge is 0.371 e. The molecule has 2 heterocycles. The van der Waals surface area contributed by atoms with E-state index in [1.54, 1.807) is 27.0 Å². The summed E-state index contributed by atoms with van der Waals surface area (Å²) in [6, 6.07) is 0. The Bertz CT molecular complexity index is 611. The number of hydrogen-bond donors (Lipinski definition) is 1. The molecule has 22 heavy (non-hydrogen) atoms. The zero-order valence-corrected chi connectivity index (χ0v) is 13.6. The van der Waals surface area contributed by atoms with Gasteiger partial charge >= 0.3 is 5.69 Å². The van der Waals surface area contributed by atoms with Crippen molar-refractivity contribution >= 4 is 11.7 Å². The molecule has 1 aliphatic rings. The number of hydrogen-bond acceptors (Lipinski definition) is 5. The third-order valence-corrected chi connectivity index (χ3v) is 3.63. The van der Waals surface area contributed by atoms with Crippen LogP contribution in [0.2, 0.25) is 0 Å². The van der Waals surface area contributed by atoms with Gasteiger partial charge in [0, 0.05) is 24.3 Å². The Morgan fingerprint density at radius 1 is 1.55 bits per heavy atom. The van der Waals surface area contributed by atoms with Gasteiger partial charge in [-0.05, 0) is 20.8 Å². The molecule has 1 amide bonds. The lowest BCUT2D eigenvalue weighted by Crippen LogP contribution is -2.53. The molecule has 122 valence electrons. The van der Waals surface area contributed by atoms with Crippen LogP contribution in [0.1, 0.15) is 39.5 Å². The van der Waals surface area contributed by atoms with Gasteiger partial charge in [-0.1, -0.05) is 13.8 Å². The fourth-order valence-electron chi connectivity index (χ4n) is 2.29. The van der Waals surface area contributed by atoms with Gasteiger partial charge in [0.25, 0.3) is 0 Å². The summed E-state index contributed by atoms with van der Waals surface area (Å²) < 4.78 is 12.6. The van der Waals surface area contributed by atoms with Crippen molar-refractivity contribution in [3.8, 4) is 0 Å². The maximum atomic E-state index is 12.2. The van der Waals surface area contributed by atoms with Crippen LogP contribution >= 0.6 is 0 Å². The van der Waals surface area contributed by atoms with E-state index in [0.29, 0.717) is 18.0 Å². The Hall–Kier alpha value is -1.73. The van der Waals surface area contributed by atoms with Crippen LogP contribution in [0.3, 0.4) is 0 Å². The van der Waals surface area contributed by atoms with Crippen LogP contribution in [0.25, 0.3) is 0 Å². The van der Waals surface area contributed by atoms with Crippen molar-refractivity contribution in [1.29, 1.82) is 0 Å². The van der Waals surface area contributed by atoms with Crippen LogP contribution in [0.15, 0.2) is 11.0 Å². The van der Waals surface area contributed by atoms with Gasteiger partial charge < -0.3 is 14.8 Å². The Balaban J connectivity index is 2.24. The fourth-order valence-corrected chi connectivity index (χ4v) is 2.29. The summed E-state index contributed by atoms with van der Waals surface area (Å²) in [5.41, 5.74) is 0.235. The van der Waals surface area contributed by atoms with Gasteiger partial charge in [-0.3, -0.25) is 9.36 Å². The zero-order chi connectivity index (χ0) is 16.4. The van der Waals surface area contributed by atoms with E-state index >= 15 is 0 Å². The van der Waals surface area contributed by atoms with Crippen LogP contribution in [0, 0.1) is 12.8 Å². The fraction of sp³-hybridized carbons (Fsp3) is 0.667. The molecule has 0 bridgehead atoms. The lowest BCUT2D eigenvalue weighted by atomic mass is 10.1. The first-order chi connectivity index (χ1) is 10.3. The maximum absolute atomic E-state index is 12.2. The van der Waals surface area contributed by atoms with Crippen molar-refractivity contribution < 1.29 is 14.3 Å². The van der Waals surface area contributed by atoms with Gasteiger partial charge in [0.1, 0.15) is 11.9 Å². The van der Waals surface area contributed by atoms with Crippen molar-refractivity contribution in [2.75, 3.05) is 11.9 Å². The second kappa shape index (κ2) is 6.58. The maximum Gasteiger partial charge on any atom is 0.351 e. The first kappa shape index (κ1) is 16.6. The Morgan fingerprint density at radius 3 is 2.77 bits per heavy atom. The molecule has 0 aromatic carbocycles. The van der Waals surface area contributed by atoms with E-state index in [4.69, 9.17) is 9.47 Å². The number of aromatic nitrogens is 2. The molecule has 7 heteroatoms. The molecule has 0 spiro atoms. The molecule has 2 rings (SSSR count). The molecule has 1 N–H and O–H groups in total. The van der Waals surface area contributed by atoms with Crippen LogP contribution in [-0.4, -0.2) is 34.3 Å². The van der Waals surface area contributed by atoms with Crippen LogP contribution in [0.4, 0.5) is 5.82 Å². The lowest BCUT2D eigenvalue weighted by molar-refractivity contribution is -0.266. The van der Waals surface area contributed by atoms with E-state index in [1.165, 1.54) is 4.57 Å². The predicted molar refractivity (Wildman–Crippen MR) is 81.7 cm³/mol. The van der Waals surface area contributed by atoms with E-state index in [0.717, 1.165) is 0 Å². The minimum Gasteiger partial charge on any atom is -0.371 e. The minimum atomic E-state index is -0.469. The molecule has 0 aliphatic carbocycles. The average molecular weight is 309 g/mol. The van der Waals surface area contributed by atoms with E-state index in [-0.39, 0.29) is 24.0 Å². The number of carbonyl (C=O) groups excluding carboxylic acids is 1. The molecule has 1 saturated heterocycles. The van der Waals surface area contributed by atoms with Crippen molar-refractivity contribution in [3.63, 3.8) is 0 Å². The topological polar surface area (TPSA) is 82.4 Å². The summed E-state index contributed by atoms with van der Waals surface area (Å²) in [4.78, 5) is 27.9. The first-order valence-electron chi connectivity index (χ1n) is 7.52. The highest BCUT2D eigenvalue weighted by Gasteiger charge is 2.42. The third kappa shape index (κ3) is 3.20. The van der Waals surface area contributed by atoms with Gasteiger partial charge in [0.15, 0.2) is 6.23 Å². The molecule has 1 aromatic rings. The van der Waals surface area contributed by atoms with Crippen molar-refractivity contribution in [2.24, 2.45) is 5.92 Å². The van der Waals surface area contributed by atoms with Crippen LogP contribution in [0.5, 0.6) is 0 Å². The van der Waals surface area contributed by atoms with Gasteiger partial charge in [-0.25, -0.2) is 4.79 Å². The summed E-state index contributed by atoms with van der Waals surface area (Å²) >= 11 is 0. The quantitative estimate of drug-likeness (QED) is 0.890. The van der Waals surface area contributed by atoms with E-state index < -0.39 is 11.9 Å². The molecule has 1 fully saturated rings. The molecule has 0 radical (unpaired) electrons. The number of anilines is 1. The predicted octanol–water partition coefficient (Wildman–Crippen LogP) is 1.47. The summed E-state index contributed by atoms with van der Waals surface area (Å²) in [5, 5.41) is 2.66. The Morgan fingerprint density at radius 2 is 2.23 bits per heavy atom. The number of amides is 1. The zero-order valence-electron chi connectivity index (χ0n) is 13.6. The lowest BCUT2D eigenvalue weighted by Gasteiger charge is -2.42. The SMILES string of the molecule is CCO[C@H]1C(C)O[C@H]1n1cc(C)c(NC(=O)C(C)C)nc1=O. The van der Waals surface area contributed by atoms with Crippen molar-refractivity contribution in [3.05, 3.63) is 22.2 Å². The standard InChI is InChI=1S/C15H23N3O4/c1-6-21-11-10(5)22-14(11)18-7-9(4)12(17-15(18)20)16-13(19)8(2)3/h7-8,10-11,14H,6H2,1-5H3,(H,16,17,19,20)/t10?,11-,14+/m0/s1. The highest BCUT2D eigenvalue weighted by atomic mass is 16.6. The minimum absolute atomic E-state index is 0.0579. The smallest absolute Gasteiger partial charge is 0.351 e. The summed E-state index contributed by atoms with van der Waals surface area (Å²) in [6.07, 6.45) is 0.953. The number of nitrogens with zero attached hydrogens (tertiary/aromatic N) is 2. The molecule has 7 nitrogen and oxygen atoms in total. The molecular weight excluding hydrogens is 286 g/mol. The van der Waals surface area contributed by atoms with Crippen LogP contribution in [-0.2, 0) is 14.3 Å². The van der Waals surface area contributed by atoms with E-state index in [2.05, 4.69) is 10.3 Å². The number of carbonyl (C=O) groups is 1. The number of nitrogens with one attached hydrogen (secondary N) is 1. The summed E-state index contributed by atoms with van der Waals surface area (Å²) in [5.74, 6) is -0.0597. The number of ether oxygens (including phenoxy) is 2. The third-order valence-electron chi connectivity index (χ3n) is 3.63. The van der Waals surface area contributed by atoms with Gasteiger partial charge in [-0.2, -0.15) is 4.98 Å². The molecule has 1 aromatic heterocycles. The Labute approximate surface area is 129 Å². The Kier molecular flexibility index (Phi) is 4.97. The summed E-state index contributed by atoms with van der Waals surface area (Å²) in [7, 11) is 0. The van der Waals surface area contributed by atoms with Gasteiger partial charge in [-0.15, -0.1) is 0 Å². The first-order valence-corrected chi connectivity index (χ1v) is 7.52. The summed E-state index contributed by atoms with van der Waals surface area (Å²) in [6.45, 7) is 9.71. The average Bonchev–Trinajstić information content (AvgIpc) is 2.45. The van der Waals surface area contributed by atoms with Crippen molar-refractivity contribution in [2.45, 2.75) is 53.1 Å². The normalized spacial score (nSPS) is 24.2. The highest BCUT2D eigenvalue weighted by molar-refractivity contribution is 5.91. The van der Waals surface area contributed by atoms with E-state index in [1.807, 2.05) is 13.8 Å². The molecule has 1 unspecified atom stereocenters.